The molecule has 0 spiro atoms. The van der Waals surface area contributed by atoms with E-state index >= 15 is 0 Å². The first-order valence-corrected chi connectivity index (χ1v) is 5.24. The van der Waals surface area contributed by atoms with E-state index in [1.54, 1.807) is 26.2 Å². The summed E-state index contributed by atoms with van der Waals surface area (Å²) in [6.45, 7) is 2.69. The first-order chi connectivity index (χ1) is 7.70. The summed E-state index contributed by atoms with van der Waals surface area (Å²) >= 11 is 0. The molecule has 0 atom stereocenters. The summed E-state index contributed by atoms with van der Waals surface area (Å²) in [6.07, 6.45) is 0.690. The highest BCUT2D eigenvalue weighted by Gasteiger charge is 2.12. The summed E-state index contributed by atoms with van der Waals surface area (Å²) in [5, 5.41) is 0. The number of nitrogen functional groups attached to an aromatic ring is 1. The number of carbonyl (C=O) groups excluding carboxylic acids is 1. The Kier molecular flexibility index (Phi) is 4.79. The number of para-hydroxylation sites is 1. The maximum absolute atomic E-state index is 11.6. The summed E-state index contributed by atoms with van der Waals surface area (Å²) in [7, 11) is 1.63. The van der Waals surface area contributed by atoms with Crippen molar-refractivity contribution in [2.24, 2.45) is 0 Å². The molecule has 0 fully saturated rings. The van der Waals surface area contributed by atoms with Gasteiger partial charge < -0.3 is 15.2 Å². The number of hydrogen-bond acceptors (Lipinski definition) is 4. The molecule has 16 heavy (non-hydrogen) atoms. The molecular weight excluding hydrogens is 206 g/mol. The number of carbonyl (C=O) groups is 1. The molecule has 0 amide bonds. The van der Waals surface area contributed by atoms with Gasteiger partial charge in [0.05, 0.1) is 18.8 Å². The van der Waals surface area contributed by atoms with Crippen LogP contribution in [-0.2, 0) is 15.9 Å². The Hall–Kier alpha value is -1.55. The van der Waals surface area contributed by atoms with Gasteiger partial charge in [0.15, 0.2) is 0 Å². The van der Waals surface area contributed by atoms with Crippen LogP contribution in [0.15, 0.2) is 18.2 Å². The van der Waals surface area contributed by atoms with Gasteiger partial charge in [0.1, 0.15) is 0 Å². The zero-order valence-corrected chi connectivity index (χ0v) is 9.66. The zero-order valence-electron chi connectivity index (χ0n) is 9.66. The summed E-state index contributed by atoms with van der Waals surface area (Å²) in [4.78, 5) is 11.6. The topological polar surface area (TPSA) is 61.5 Å². The van der Waals surface area contributed by atoms with Crippen LogP contribution >= 0.6 is 0 Å². The predicted molar refractivity (Wildman–Crippen MR) is 62.4 cm³/mol. The number of esters is 1. The van der Waals surface area contributed by atoms with Gasteiger partial charge in [-0.05, 0) is 25.0 Å². The lowest BCUT2D eigenvalue weighted by Gasteiger charge is -2.09. The third kappa shape index (κ3) is 2.97. The molecule has 0 heterocycles. The fourth-order valence-corrected chi connectivity index (χ4v) is 1.43. The van der Waals surface area contributed by atoms with Crippen molar-refractivity contribution >= 4 is 11.7 Å². The quantitative estimate of drug-likeness (QED) is 0.609. The minimum absolute atomic E-state index is 0.348. The van der Waals surface area contributed by atoms with E-state index < -0.39 is 0 Å². The van der Waals surface area contributed by atoms with E-state index in [0.717, 1.165) is 5.56 Å². The third-order valence-corrected chi connectivity index (χ3v) is 2.27. The molecule has 1 aromatic carbocycles. The SMILES string of the molecule is CCOC(=O)c1cccc(CCOC)c1N. The van der Waals surface area contributed by atoms with Gasteiger partial charge in [-0.3, -0.25) is 0 Å². The van der Waals surface area contributed by atoms with Gasteiger partial charge in [-0.1, -0.05) is 12.1 Å². The molecule has 0 aliphatic rings. The second-order valence-electron chi connectivity index (χ2n) is 3.34. The summed E-state index contributed by atoms with van der Waals surface area (Å²) < 4.78 is 9.89. The minimum atomic E-state index is -0.376. The molecule has 0 saturated heterocycles. The first kappa shape index (κ1) is 12.5. The molecule has 1 rings (SSSR count). The Morgan fingerprint density at radius 3 is 2.81 bits per heavy atom. The van der Waals surface area contributed by atoms with Crippen molar-refractivity contribution in [3.8, 4) is 0 Å². The second-order valence-corrected chi connectivity index (χ2v) is 3.34. The molecule has 0 aliphatic heterocycles. The molecular formula is C12H17NO3. The number of anilines is 1. The number of rotatable bonds is 5. The molecule has 2 N–H and O–H groups in total. The Morgan fingerprint density at radius 1 is 1.44 bits per heavy atom. The fourth-order valence-electron chi connectivity index (χ4n) is 1.43. The number of nitrogens with two attached hydrogens (primary N) is 1. The second kappa shape index (κ2) is 6.12. The number of ether oxygens (including phenoxy) is 2. The van der Waals surface area contributed by atoms with Crippen LogP contribution in [-0.4, -0.2) is 26.3 Å². The molecule has 0 aliphatic carbocycles. The Balaban J connectivity index is 2.89. The van der Waals surface area contributed by atoms with E-state index in [1.807, 2.05) is 6.07 Å². The molecule has 88 valence electrons. The Bertz CT molecular complexity index is 363. The summed E-state index contributed by atoms with van der Waals surface area (Å²) in [5.74, 6) is -0.376. The van der Waals surface area contributed by atoms with Crippen LogP contribution in [0.4, 0.5) is 5.69 Å². The van der Waals surface area contributed by atoms with Gasteiger partial charge in [0, 0.05) is 12.8 Å². The molecule has 0 bridgehead atoms. The van der Waals surface area contributed by atoms with Crippen LogP contribution in [0, 0.1) is 0 Å². The highest BCUT2D eigenvalue weighted by atomic mass is 16.5. The van der Waals surface area contributed by atoms with Gasteiger partial charge in [0.2, 0.25) is 0 Å². The van der Waals surface area contributed by atoms with E-state index in [1.165, 1.54) is 0 Å². The van der Waals surface area contributed by atoms with Gasteiger partial charge in [-0.25, -0.2) is 4.79 Å². The highest BCUT2D eigenvalue weighted by molar-refractivity contribution is 5.95. The van der Waals surface area contributed by atoms with E-state index in [2.05, 4.69) is 0 Å². The Morgan fingerprint density at radius 2 is 2.19 bits per heavy atom. The smallest absolute Gasteiger partial charge is 0.340 e. The van der Waals surface area contributed by atoms with Crippen molar-refractivity contribution in [1.82, 2.24) is 0 Å². The maximum atomic E-state index is 11.6. The van der Waals surface area contributed by atoms with Crippen molar-refractivity contribution in [1.29, 1.82) is 0 Å². The first-order valence-electron chi connectivity index (χ1n) is 5.24. The standard InChI is InChI=1S/C12H17NO3/c1-3-16-12(14)10-6-4-5-9(11(10)13)7-8-15-2/h4-6H,3,7-8,13H2,1-2H3. The molecule has 1 aromatic rings. The number of methoxy groups -OCH3 is 1. The molecule has 4 heteroatoms. The monoisotopic (exact) mass is 223 g/mol. The van der Waals surface area contributed by atoms with Crippen LogP contribution in [0.3, 0.4) is 0 Å². The van der Waals surface area contributed by atoms with Crippen molar-refractivity contribution in [2.75, 3.05) is 26.1 Å². The third-order valence-electron chi connectivity index (χ3n) is 2.27. The van der Waals surface area contributed by atoms with E-state index in [-0.39, 0.29) is 5.97 Å². The van der Waals surface area contributed by atoms with Crippen molar-refractivity contribution < 1.29 is 14.3 Å². The van der Waals surface area contributed by atoms with Crippen LogP contribution in [0.25, 0.3) is 0 Å². The van der Waals surface area contributed by atoms with E-state index in [9.17, 15) is 4.79 Å². The highest BCUT2D eigenvalue weighted by Crippen LogP contribution is 2.19. The summed E-state index contributed by atoms with van der Waals surface area (Å²) in [6, 6.07) is 5.36. The maximum Gasteiger partial charge on any atom is 0.340 e. The molecule has 0 aromatic heterocycles. The predicted octanol–water partition coefficient (Wildman–Crippen LogP) is 1.63. The van der Waals surface area contributed by atoms with Crippen molar-refractivity contribution in [3.63, 3.8) is 0 Å². The van der Waals surface area contributed by atoms with E-state index in [0.29, 0.717) is 30.9 Å². The lowest BCUT2D eigenvalue weighted by atomic mass is 10.1. The van der Waals surface area contributed by atoms with Crippen LogP contribution in [0.1, 0.15) is 22.8 Å². The van der Waals surface area contributed by atoms with Gasteiger partial charge in [-0.2, -0.15) is 0 Å². The molecule has 0 unspecified atom stereocenters. The van der Waals surface area contributed by atoms with Crippen LogP contribution < -0.4 is 5.73 Å². The number of benzene rings is 1. The number of hydrogen-bond donors (Lipinski definition) is 1. The van der Waals surface area contributed by atoms with E-state index in [4.69, 9.17) is 15.2 Å². The van der Waals surface area contributed by atoms with Crippen molar-refractivity contribution in [2.45, 2.75) is 13.3 Å². The normalized spacial score (nSPS) is 10.1. The van der Waals surface area contributed by atoms with Gasteiger partial charge in [0.25, 0.3) is 0 Å². The lowest BCUT2D eigenvalue weighted by molar-refractivity contribution is 0.0527. The molecule has 0 radical (unpaired) electrons. The van der Waals surface area contributed by atoms with Gasteiger partial charge in [-0.15, -0.1) is 0 Å². The summed E-state index contributed by atoms with van der Waals surface area (Å²) in [5.41, 5.74) is 7.72. The lowest BCUT2D eigenvalue weighted by Crippen LogP contribution is -2.10. The van der Waals surface area contributed by atoms with Crippen LogP contribution in [0.2, 0.25) is 0 Å². The Labute approximate surface area is 95.3 Å². The van der Waals surface area contributed by atoms with Gasteiger partial charge >= 0.3 is 5.97 Å². The van der Waals surface area contributed by atoms with Crippen molar-refractivity contribution in [3.05, 3.63) is 29.3 Å². The molecule has 4 nitrogen and oxygen atoms in total. The fraction of sp³-hybridized carbons (Fsp3) is 0.417. The molecule has 0 saturated carbocycles. The average Bonchev–Trinajstić information content (AvgIpc) is 2.28. The zero-order chi connectivity index (χ0) is 12.0. The largest absolute Gasteiger partial charge is 0.462 e. The average molecular weight is 223 g/mol. The minimum Gasteiger partial charge on any atom is -0.462 e. The van der Waals surface area contributed by atoms with Crippen LogP contribution in [0.5, 0.6) is 0 Å².